The maximum absolute atomic E-state index is 13.6. The fraction of sp³-hybridized carbons (Fsp3) is 0.400. The van der Waals surface area contributed by atoms with E-state index >= 15 is 0 Å². The highest BCUT2D eigenvalue weighted by Gasteiger charge is 2.34. The topological polar surface area (TPSA) is 72.3 Å². The minimum Gasteiger partial charge on any atom is -0.383 e. The highest BCUT2D eigenvalue weighted by molar-refractivity contribution is 5.89. The second-order valence-corrected chi connectivity index (χ2v) is 5.41. The van der Waals surface area contributed by atoms with Crippen LogP contribution in [0.1, 0.15) is 11.4 Å². The molecule has 0 spiro atoms. The largest absolute Gasteiger partial charge is 0.419 e. The molecule has 2 aromatic rings. The number of nitrogens with one attached hydrogen (secondary N) is 1. The lowest BCUT2D eigenvalue weighted by Gasteiger charge is -2.18. The van der Waals surface area contributed by atoms with Crippen molar-refractivity contribution in [2.24, 2.45) is 0 Å². The lowest BCUT2D eigenvalue weighted by atomic mass is 10.2. The van der Waals surface area contributed by atoms with Gasteiger partial charge < -0.3 is 19.5 Å². The van der Waals surface area contributed by atoms with Crippen molar-refractivity contribution in [3.8, 4) is 0 Å². The Hall–Kier alpha value is -2.69. The molecule has 1 heterocycles. The third-order valence-corrected chi connectivity index (χ3v) is 3.48. The van der Waals surface area contributed by atoms with Crippen molar-refractivity contribution >= 4 is 11.7 Å². The summed E-state index contributed by atoms with van der Waals surface area (Å²) in [7, 11) is 3.01. The highest BCUT2D eigenvalue weighted by atomic mass is 19.4. The SMILES string of the molecule is COCCn1cnnc1CN(C)C(=O)Nc1ccc(C(F)(F)F)c(F)c1. The van der Waals surface area contributed by atoms with Crippen molar-refractivity contribution in [2.45, 2.75) is 19.3 Å². The third-order valence-electron chi connectivity index (χ3n) is 3.48. The summed E-state index contributed by atoms with van der Waals surface area (Å²) >= 11 is 0. The van der Waals surface area contributed by atoms with Gasteiger partial charge in [-0.3, -0.25) is 0 Å². The first-order valence-electron chi connectivity index (χ1n) is 7.47. The molecule has 0 aliphatic carbocycles. The molecule has 1 aromatic heterocycles. The molecular weight excluding hydrogens is 358 g/mol. The molecule has 0 radical (unpaired) electrons. The number of rotatable bonds is 6. The van der Waals surface area contributed by atoms with Crippen molar-refractivity contribution < 1.29 is 27.1 Å². The van der Waals surface area contributed by atoms with E-state index in [0.29, 0.717) is 31.1 Å². The number of urea groups is 1. The molecule has 2 rings (SSSR count). The molecule has 0 fully saturated rings. The summed E-state index contributed by atoms with van der Waals surface area (Å²) in [5.41, 5.74) is -1.48. The molecule has 0 unspecified atom stereocenters. The zero-order chi connectivity index (χ0) is 19.3. The number of alkyl halides is 3. The van der Waals surface area contributed by atoms with Gasteiger partial charge in [0.15, 0.2) is 5.82 Å². The monoisotopic (exact) mass is 375 g/mol. The van der Waals surface area contributed by atoms with Crippen LogP contribution in [0.4, 0.5) is 28.0 Å². The van der Waals surface area contributed by atoms with E-state index in [4.69, 9.17) is 4.74 Å². The minimum atomic E-state index is -4.80. The Labute approximate surface area is 146 Å². The number of methoxy groups -OCH3 is 1. The Morgan fingerprint density at radius 1 is 1.38 bits per heavy atom. The zero-order valence-corrected chi connectivity index (χ0v) is 14.0. The van der Waals surface area contributed by atoms with Crippen LogP contribution < -0.4 is 5.32 Å². The van der Waals surface area contributed by atoms with Crippen molar-refractivity contribution in [1.82, 2.24) is 19.7 Å². The van der Waals surface area contributed by atoms with E-state index in [1.807, 2.05) is 0 Å². The summed E-state index contributed by atoms with van der Waals surface area (Å²) < 4.78 is 57.9. The molecule has 11 heteroatoms. The molecular formula is C15H17F4N5O2. The van der Waals surface area contributed by atoms with Crippen LogP contribution in [0.3, 0.4) is 0 Å². The maximum Gasteiger partial charge on any atom is 0.419 e. The van der Waals surface area contributed by atoms with Gasteiger partial charge in [0.2, 0.25) is 0 Å². The van der Waals surface area contributed by atoms with Gasteiger partial charge in [-0.15, -0.1) is 10.2 Å². The standard InChI is InChI=1S/C15H17F4N5O2/c1-23(8-13-22-20-9-24(13)5-6-26-2)14(25)21-10-3-4-11(12(16)7-10)15(17,18)19/h3-4,7,9H,5-6,8H2,1-2H3,(H,21,25). The number of carbonyl (C=O) groups excluding carboxylic acids is 1. The average Bonchev–Trinajstić information content (AvgIpc) is 2.98. The van der Waals surface area contributed by atoms with Crippen molar-refractivity contribution in [3.05, 3.63) is 41.7 Å². The number of hydrogen-bond acceptors (Lipinski definition) is 4. The van der Waals surface area contributed by atoms with E-state index in [1.54, 1.807) is 11.7 Å². The van der Waals surface area contributed by atoms with Gasteiger partial charge in [-0.25, -0.2) is 9.18 Å². The van der Waals surface area contributed by atoms with E-state index in [-0.39, 0.29) is 12.2 Å². The van der Waals surface area contributed by atoms with Gasteiger partial charge >= 0.3 is 12.2 Å². The van der Waals surface area contributed by atoms with E-state index in [9.17, 15) is 22.4 Å². The third kappa shape index (κ3) is 4.91. The van der Waals surface area contributed by atoms with Gasteiger partial charge in [0.25, 0.3) is 0 Å². The number of halogens is 4. The second-order valence-electron chi connectivity index (χ2n) is 5.41. The molecule has 0 atom stereocenters. The summed E-state index contributed by atoms with van der Waals surface area (Å²) in [6.07, 6.45) is -3.30. The number of amides is 2. The first kappa shape index (κ1) is 19.6. The number of ether oxygens (including phenoxy) is 1. The predicted octanol–water partition coefficient (Wildman–Crippen LogP) is 2.75. The molecule has 0 saturated heterocycles. The summed E-state index contributed by atoms with van der Waals surface area (Å²) in [5.74, 6) is -0.962. The number of hydrogen-bond donors (Lipinski definition) is 1. The quantitative estimate of drug-likeness (QED) is 0.788. The van der Waals surface area contributed by atoms with E-state index in [1.165, 1.54) is 18.3 Å². The molecule has 0 bridgehead atoms. The van der Waals surface area contributed by atoms with Crippen LogP contribution in [0, 0.1) is 5.82 Å². The molecule has 26 heavy (non-hydrogen) atoms. The van der Waals surface area contributed by atoms with Crippen molar-refractivity contribution in [2.75, 3.05) is 26.1 Å². The molecule has 0 saturated carbocycles. The summed E-state index contributed by atoms with van der Waals surface area (Å²) in [4.78, 5) is 13.4. The molecule has 0 aliphatic heterocycles. The normalized spacial score (nSPS) is 11.5. The molecule has 142 valence electrons. The molecule has 0 aliphatic rings. The predicted molar refractivity (Wildman–Crippen MR) is 83.8 cm³/mol. The Morgan fingerprint density at radius 3 is 2.73 bits per heavy atom. The minimum absolute atomic E-state index is 0.0896. The van der Waals surface area contributed by atoms with Gasteiger partial charge in [-0.1, -0.05) is 0 Å². The first-order valence-corrected chi connectivity index (χ1v) is 7.47. The maximum atomic E-state index is 13.6. The Kier molecular flexibility index (Phi) is 6.14. The van der Waals surface area contributed by atoms with Crippen LogP contribution >= 0.6 is 0 Å². The van der Waals surface area contributed by atoms with Crippen LogP contribution in [0.2, 0.25) is 0 Å². The Morgan fingerprint density at radius 2 is 2.12 bits per heavy atom. The molecule has 7 nitrogen and oxygen atoms in total. The van der Waals surface area contributed by atoms with E-state index in [0.717, 1.165) is 6.07 Å². The van der Waals surface area contributed by atoms with Gasteiger partial charge in [-0.2, -0.15) is 13.2 Å². The summed E-state index contributed by atoms with van der Waals surface area (Å²) in [5, 5.41) is 9.99. The van der Waals surface area contributed by atoms with Crippen LogP contribution in [-0.2, 0) is 24.0 Å². The molecule has 1 N–H and O–H groups in total. The van der Waals surface area contributed by atoms with E-state index < -0.39 is 23.6 Å². The van der Waals surface area contributed by atoms with Crippen LogP contribution in [0.5, 0.6) is 0 Å². The van der Waals surface area contributed by atoms with Crippen molar-refractivity contribution in [1.29, 1.82) is 0 Å². The number of anilines is 1. The fourth-order valence-electron chi connectivity index (χ4n) is 2.10. The van der Waals surface area contributed by atoms with Crippen LogP contribution in [0.25, 0.3) is 0 Å². The van der Waals surface area contributed by atoms with E-state index in [2.05, 4.69) is 15.5 Å². The number of benzene rings is 1. The number of aromatic nitrogens is 3. The van der Waals surface area contributed by atoms with Crippen LogP contribution in [-0.4, -0.2) is 46.5 Å². The van der Waals surface area contributed by atoms with Gasteiger partial charge in [-0.05, 0) is 18.2 Å². The van der Waals surface area contributed by atoms with Gasteiger partial charge in [0.1, 0.15) is 12.1 Å². The molecule has 1 aromatic carbocycles. The number of nitrogens with zero attached hydrogens (tertiary/aromatic N) is 4. The fourth-order valence-corrected chi connectivity index (χ4v) is 2.10. The first-order chi connectivity index (χ1) is 12.2. The Balaban J connectivity index is 2.01. The molecule has 2 amide bonds. The highest BCUT2D eigenvalue weighted by Crippen LogP contribution is 2.32. The summed E-state index contributed by atoms with van der Waals surface area (Å²) in [6, 6.07) is 1.55. The van der Waals surface area contributed by atoms with Crippen LogP contribution in [0.15, 0.2) is 24.5 Å². The second kappa shape index (κ2) is 8.13. The summed E-state index contributed by atoms with van der Waals surface area (Å²) in [6.45, 7) is 1.03. The van der Waals surface area contributed by atoms with Gasteiger partial charge in [0.05, 0.1) is 18.7 Å². The average molecular weight is 375 g/mol. The van der Waals surface area contributed by atoms with Crippen molar-refractivity contribution in [3.63, 3.8) is 0 Å². The zero-order valence-electron chi connectivity index (χ0n) is 14.0. The smallest absolute Gasteiger partial charge is 0.383 e. The number of carbonyl (C=O) groups is 1. The van der Waals surface area contributed by atoms with Gasteiger partial charge in [0, 0.05) is 26.4 Å². The lowest BCUT2D eigenvalue weighted by molar-refractivity contribution is -0.139. The Bertz CT molecular complexity index is 763. The lowest BCUT2D eigenvalue weighted by Crippen LogP contribution is -2.32.